The maximum atomic E-state index is 12.4. The van der Waals surface area contributed by atoms with Gasteiger partial charge in [-0.1, -0.05) is 6.92 Å². The van der Waals surface area contributed by atoms with Crippen LogP contribution < -0.4 is 0 Å². The van der Waals surface area contributed by atoms with Crippen LogP contribution in [-0.4, -0.2) is 43.3 Å². The lowest BCUT2D eigenvalue weighted by molar-refractivity contribution is -0.0779. The number of carbonyl (C=O) groups is 1. The topological polar surface area (TPSA) is 72.9 Å². The number of halogens is 3. The second-order valence-corrected chi connectivity index (χ2v) is 7.83. The summed E-state index contributed by atoms with van der Waals surface area (Å²) < 4.78 is 68.8. The van der Waals surface area contributed by atoms with Crippen LogP contribution in [0.5, 0.6) is 0 Å². The Morgan fingerprint density at radius 2 is 1.73 bits per heavy atom. The minimum atomic E-state index is -5.77. The van der Waals surface area contributed by atoms with Crippen LogP contribution in [-0.2, 0) is 19.0 Å². The molecular weight excluding hydrogens is 327 g/mol. The molecule has 1 saturated heterocycles. The number of alkyl halides is 3. The van der Waals surface area contributed by atoms with Gasteiger partial charge >= 0.3 is 21.7 Å². The third kappa shape index (κ3) is 5.01. The molecular formula is C12H20F3NO5S. The van der Waals surface area contributed by atoms with Gasteiger partial charge in [-0.25, -0.2) is 8.98 Å². The van der Waals surface area contributed by atoms with Crippen molar-refractivity contribution in [1.82, 2.24) is 4.90 Å². The Morgan fingerprint density at radius 3 is 2.18 bits per heavy atom. The molecule has 0 aromatic carbocycles. The Bertz CT molecular complexity index is 512. The summed E-state index contributed by atoms with van der Waals surface area (Å²) in [5, 5.41) is 0. The van der Waals surface area contributed by atoms with E-state index >= 15 is 0 Å². The number of piperidine rings is 1. The van der Waals surface area contributed by atoms with Crippen molar-refractivity contribution in [2.45, 2.75) is 57.9 Å². The van der Waals surface area contributed by atoms with E-state index in [2.05, 4.69) is 4.18 Å². The van der Waals surface area contributed by atoms with Crippen molar-refractivity contribution < 1.29 is 35.3 Å². The summed E-state index contributed by atoms with van der Waals surface area (Å²) in [6.45, 7) is 6.65. The molecule has 22 heavy (non-hydrogen) atoms. The molecule has 0 N–H and O–H groups in total. The van der Waals surface area contributed by atoms with Gasteiger partial charge in [0.2, 0.25) is 0 Å². The molecule has 0 aliphatic carbocycles. The van der Waals surface area contributed by atoms with Crippen molar-refractivity contribution in [3.8, 4) is 0 Å². The van der Waals surface area contributed by atoms with Crippen molar-refractivity contribution >= 4 is 16.2 Å². The van der Waals surface area contributed by atoms with E-state index in [-0.39, 0.29) is 18.9 Å². The largest absolute Gasteiger partial charge is 0.523 e. The fraction of sp³-hybridized carbons (Fsp3) is 0.917. The van der Waals surface area contributed by atoms with Gasteiger partial charge in [-0.05, 0) is 39.5 Å². The molecule has 1 rings (SSSR count). The standard InChI is InChI=1S/C12H20F3NO5S/c1-8-5-6-9(21-22(18,19)12(13,14)15)16(7-8)10(17)20-11(2,3)4/h8-9H,5-7H2,1-4H3. The minimum Gasteiger partial charge on any atom is -0.444 e. The number of hydrogen-bond acceptors (Lipinski definition) is 5. The zero-order valence-corrected chi connectivity index (χ0v) is 13.6. The van der Waals surface area contributed by atoms with Crippen LogP contribution in [0.15, 0.2) is 0 Å². The van der Waals surface area contributed by atoms with Crippen LogP contribution >= 0.6 is 0 Å². The summed E-state index contributed by atoms with van der Waals surface area (Å²) in [5.74, 6) is 0.000888. The first-order valence-corrected chi connectivity index (χ1v) is 8.13. The predicted octanol–water partition coefficient (Wildman–Crippen LogP) is 2.85. The van der Waals surface area contributed by atoms with Crippen LogP contribution in [0.4, 0.5) is 18.0 Å². The molecule has 1 aliphatic rings. The smallest absolute Gasteiger partial charge is 0.444 e. The molecule has 6 nitrogen and oxygen atoms in total. The van der Waals surface area contributed by atoms with Gasteiger partial charge < -0.3 is 4.74 Å². The van der Waals surface area contributed by atoms with Crippen LogP contribution in [0.1, 0.15) is 40.5 Å². The first-order chi connectivity index (χ1) is 9.73. The molecule has 0 aromatic rings. The predicted molar refractivity (Wildman–Crippen MR) is 71.2 cm³/mol. The van der Waals surface area contributed by atoms with Gasteiger partial charge in [-0.15, -0.1) is 0 Å². The minimum absolute atomic E-state index is 0.000888. The van der Waals surface area contributed by atoms with E-state index in [4.69, 9.17) is 4.74 Å². The Kier molecular flexibility index (Phi) is 5.38. The van der Waals surface area contributed by atoms with Crippen molar-refractivity contribution in [3.05, 3.63) is 0 Å². The maximum absolute atomic E-state index is 12.4. The fourth-order valence-electron chi connectivity index (χ4n) is 1.94. The zero-order valence-electron chi connectivity index (χ0n) is 12.8. The summed E-state index contributed by atoms with van der Waals surface area (Å²) >= 11 is 0. The van der Waals surface area contributed by atoms with E-state index in [9.17, 15) is 26.4 Å². The molecule has 10 heteroatoms. The van der Waals surface area contributed by atoms with Crippen LogP contribution in [0.25, 0.3) is 0 Å². The highest BCUT2D eigenvalue weighted by Crippen LogP contribution is 2.31. The van der Waals surface area contributed by atoms with Gasteiger partial charge in [-0.2, -0.15) is 21.6 Å². The molecule has 1 fully saturated rings. The van der Waals surface area contributed by atoms with Crippen LogP contribution in [0.3, 0.4) is 0 Å². The first kappa shape index (κ1) is 19.0. The van der Waals surface area contributed by atoms with Gasteiger partial charge in [0.15, 0.2) is 6.23 Å². The van der Waals surface area contributed by atoms with E-state index in [1.54, 1.807) is 27.7 Å². The lowest BCUT2D eigenvalue weighted by Gasteiger charge is -2.38. The van der Waals surface area contributed by atoms with Crippen molar-refractivity contribution in [2.24, 2.45) is 5.92 Å². The third-order valence-corrected chi connectivity index (χ3v) is 3.95. The summed E-state index contributed by atoms with van der Waals surface area (Å²) in [6, 6.07) is 0. The molecule has 0 spiro atoms. The molecule has 0 radical (unpaired) electrons. The maximum Gasteiger partial charge on any atom is 0.523 e. The average molecular weight is 347 g/mol. The molecule has 130 valence electrons. The molecule has 2 atom stereocenters. The number of ether oxygens (including phenoxy) is 1. The summed E-state index contributed by atoms with van der Waals surface area (Å²) in [6.07, 6.45) is -1.99. The Labute approximate surface area is 127 Å². The van der Waals surface area contributed by atoms with Gasteiger partial charge in [0.1, 0.15) is 5.60 Å². The van der Waals surface area contributed by atoms with Crippen molar-refractivity contribution in [1.29, 1.82) is 0 Å². The average Bonchev–Trinajstić information content (AvgIpc) is 2.27. The Hall–Kier alpha value is -1.03. The van der Waals surface area contributed by atoms with Gasteiger partial charge in [-0.3, -0.25) is 4.90 Å². The van der Waals surface area contributed by atoms with E-state index in [0.717, 1.165) is 4.90 Å². The highest BCUT2D eigenvalue weighted by molar-refractivity contribution is 7.87. The summed E-state index contributed by atoms with van der Waals surface area (Å²) in [7, 11) is -5.77. The lowest BCUT2D eigenvalue weighted by atomic mass is 9.99. The van der Waals surface area contributed by atoms with Crippen molar-refractivity contribution in [3.63, 3.8) is 0 Å². The van der Waals surface area contributed by atoms with Gasteiger partial charge in [0.05, 0.1) is 0 Å². The number of carbonyl (C=O) groups excluding carboxylic acids is 1. The van der Waals surface area contributed by atoms with Gasteiger partial charge in [0, 0.05) is 6.54 Å². The van der Waals surface area contributed by atoms with E-state index in [1.807, 2.05) is 0 Å². The third-order valence-electron chi connectivity index (χ3n) is 2.91. The zero-order chi connectivity index (χ0) is 17.3. The molecule has 1 heterocycles. The summed E-state index contributed by atoms with van der Waals surface area (Å²) in [4.78, 5) is 12.9. The SMILES string of the molecule is CC1CCC(OS(=O)(=O)C(F)(F)F)N(C(=O)OC(C)(C)C)C1. The molecule has 0 bridgehead atoms. The normalized spacial score (nSPS) is 24.2. The molecule has 0 aromatic heterocycles. The Morgan fingerprint density at radius 1 is 1.18 bits per heavy atom. The van der Waals surface area contributed by atoms with E-state index < -0.39 is 33.5 Å². The van der Waals surface area contributed by atoms with Crippen LogP contribution in [0, 0.1) is 5.92 Å². The quantitative estimate of drug-likeness (QED) is 0.567. The highest BCUT2D eigenvalue weighted by atomic mass is 32.2. The molecule has 1 aliphatic heterocycles. The van der Waals surface area contributed by atoms with Crippen LogP contribution in [0.2, 0.25) is 0 Å². The number of likely N-dealkylation sites (tertiary alicyclic amines) is 1. The molecule has 0 saturated carbocycles. The van der Waals surface area contributed by atoms with Gasteiger partial charge in [0.25, 0.3) is 0 Å². The molecule has 1 amide bonds. The fourth-order valence-corrected chi connectivity index (χ4v) is 2.54. The second kappa shape index (κ2) is 6.23. The Balaban J connectivity index is 2.93. The highest BCUT2D eigenvalue weighted by Gasteiger charge is 2.50. The summed E-state index contributed by atoms with van der Waals surface area (Å²) in [5.41, 5.74) is -6.39. The second-order valence-electron chi connectivity index (χ2n) is 6.27. The lowest BCUT2D eigenvalue weighted by Crippen LogP contribution is -2.51. The van der Waals surface area contributed by atoms with Crippen molar-refractivity contribution in [2.75, 3.05) is 6.54 Å². The molecule has 2 unspecified atom stereocenters. The number of rotatable bonds is 2. The number of amides is 1. The monoisotopic (exact) mass is 347 g/mol. The van der Waals surface area contributed by atoms with E-state index in [1.165, 1.54) is 0 Å². The first-order valence-electron chi connectivity index (χ1n) is 6.72. The number of nitrogens with zero attached hydrogens (tertiary/aromatic N) is 1. The number of hydrogen-bond donors (Lipinski definition) is 0. The van der Waals surface area contributed by atoms with E-state index in [0.29, 0.717) is 6.42 Å².